The minimum absolute atomic E-state index is 0.230. The zero-order chi connectivity index (χ0) is 21.8. The summed E-state index contributed by atoms with van der Waals surface area (Å²) in [5.74, 6) is -1.02. The number of nitrogens with zero attached hydrogens (tertiary/aromatic N) is 2. The van der Waals surface area contributed by atoms with Gasteiger partial charge in [-0.15, -0.1) is 0 Å². The van der Waals surface area contributed by atoms with E-state index in [1.807, 2.05) is 42.5 Å². The molecule has 0 unspecified atom stereocenters. The Morgan fingerprint density at radius 1 is 0.935 bits per heavy atom. The number of esters is 1. The lowest BCUT2D eigenvalue weighted by molar-refractivity contribution is -0.116. The molecular weight excluding hydrogens is 394 g/mol. The van der Waals surface area contributed by atoms with E-state index in [4.69, 9.17) is 4.74 Å². The van der Waals surface area contributed by atoms with Gasteiger partial charge in [-0.1, -0.05) is 60.7 Å². The molecule has 1 N–H and O–H groups in total. The highest BCUT2D eigenvalue weighted by Gasteiger charge is 2.16. The number of nitrogens with one attached hydrogen (secondary N) is 1. The molecule has 4 rings (SSSR count). The van der Waals surface area contributed by atoms with Crippen molar-refractivity contribution in [1.82, 2.24) is 9.55 Å². The van der Waals surface area contributed by atoms with Gasteiger partial charge in [0.2, 0.25) is 5.91 Å². The van der Waals surface area contributed by atoms with Crippen molar-refractivity contribution in [1.29, 1.82) is 0 Å². The molecule has 0 spiro atoms. The number of benzene rings is 3. The van der Waals surface area contributed by atoms with E-state index >= 15 is 0 Å². The van der Waals surface area contributed by atoms with Crippen LogP contribution in [0.25, 0.3) is 22.2 Å². The molecule has 3 aromatic carbocycles. The lowest BCUT2D eigenvalue weighted by Crippen LogP contribution is -2.30. The standard InChI is InChI=1S/C24H19N3O4/c1-31-23(29)17-11-5-7-13-19(17)25-21(28)15-27-20-14-8-6-12-18(20)22(26-24(27)30)16-9-3-2-4-10-16/h2-14H,15H2,1H3,(H,25,28). The van der Waals surface area contributed by atoms with Crippen molar-refractivity contribution in [2.75, 3.05) is 12.4 Å². The summed E-state index contributed by atoms with van der Waals surface area (Å²) in [5, 5.41) is 3.45. The van der Waals surface area contributed by atoms with Crippen LogP contribution in [0.4, 0.5) is 5.69 Å². The van der Waals surface area contributed by atoms with Gasteiger partial charge >= 0.3 is 11.7 Å². The van der Waals surface area contributed by atoms with Crippen molar-refractivity contribution in [3.05, 3.63) is 94.9 Å². The zero-order valence-corrected chi connectivity index (χ0v) is 16.7. The first kappa shape index (κ1) is 20.0. The molecule has 0 bridgehead atoms. The summed E-state index contributed by atoms with van der Waals surface area (Å²) in [6.07, 6.45) is 0. The fourth-order valence-electron chi connectivity index (χ4n) is 3.41. The molecule has 0 saturated carbocycles. The summed E-state index contributed by atoms with van der Waals surface area (Å²) in [5.41, 5.74) is 1.98. The second kappa shape index (κ2) is 8.62. The Morgan fingerprint density at radius 3 is 2.39 bits per heavy atom. The van der Waals surface area contributed by atoms with E-state index in [2.05, 4.69) is 10.3 Å². The second-order valence-corrected chi connectivity index (χ2v) is 6.80. The van der Waals surface area contributed by atoms with E-state index in [0.717, 1.165) is 10.9 Å². The van der Waals surface area contributed by atoms with Crippen LogP contribution < -0.4 is 11.0 Å². The van der Waals surface area contributed by atoms with Gasteiger partial charge < -0.3 is 10.1 Å². The third-order valence-electron chi connectivity index (χ3n) is 4.84. The molecule has 1 aromatic heterocycles. The number of rotatable bonds is 5. The van der Waals surface area contributed by atoms with Crippen molar-refractivity contribution < 1.29 is 14.3 Å². The molecule has 31 heavy (non-hydrogen) atoms. The Hall–Kier alpha value is -4.26. The number of aromatic nitrogens is 2. The smallest absolute Gasteiger partial charge is 0.349 e. The summed E-state index contributed by atoms with van der Waals surface area (Å²) in [6.45, 7) is -0.253. The van der Waals surface area contributed by atoms with Crippen LogP contribution in [0.2, 0.25) is 0 Å². The number of hydrogen-bond donors (Lipinski definition) is 1. The Morgan fingerprint density at radius 2 is 1.61 bits per heavy atom. The fourth-order valence-corrected chi connectivity index (χ4v) is 3.41. The summed E-state index contributed by atoms with van der Waals surface area (Å²) < 4.78 is 6.07. The van der Waals surface area contributed by atoms with Gasteiger partial charge in [0.15, 0.2) is 0 Å². The zero-order valence-electron chi connectivity index (χ0n) is 16.7. The maximum Gasteiger partial charge on any atom is 0.349 e. The van der Waals surface area contributed by atoms with Crippen molar-refractivity contribution in [3.63, 3.8) is 0 Å². The van der Waals surface area contributed by atoms with E-state index in [1.165, 1.54) is 11.7 Å². The molecule has 1 heterocycles. The highest BCUT2D eigenvalue weighted by Crippen LogP contribution is 2.25. The van der Waals surface area contributed by atoms with Gasteiger partial charge in [-0.05, 0) is 18.2 Å². The first-order chi connectivity index (χ1) is 15.1. The van der Waals surface area contributed by atoms with Crippen LogP contribution in [0, 0.1) is 0 Å². The topological polar surface area (TPSA) is 90.3 Å². The van der Waals surface area contributed by atoms with Gasteiger partial charge in [-0.3, -0.25) is 9.36 Å². The molecular formula is C24H19N3O4. The molecule has 0 aliphatic carbocycles. The number of carbonyl (C=O) groups is 2. The summed E-state index contributed by atoms with van der Waals surface area (Å²) in [4.78, 5) is 41.8. The first-order valence-electron chi connectivity index (χ1n) is 9.60. The number of carbonyl (C=O) groups excluding carboxylic acids is 2. The van der Waals surface area contributed by atoms with Crippen LogP contribution in [0.15, 0.2) is 83.7 Å². The van der Waals surface area contributed by atoms with Crippen LogP contribution in [0.5, 0.6) is 0 Å². The lowest BCUT2D eigenvalue weighted by atomic mass is 10.1. The van der Waals surface area contributed by atoms with Gasteiger partial charge in [0.1, 0.15) is 6.54 Å². The number of ether oxygens (including phenoxy) is 1. The molecule has 0 aliphatic rings. The second-order valence-electron chi connectivity index (χ2n) is 6.80. The number of anilines is 1. The minimum Gasteiger partial charge on any atom is -0.465 e. The molecule has 154 valence electrons. The summed E-state index contributed by atoms with van der Waals surface area (Å²) in [7, 11) is 1.27. The maximum atomic E-state index is 12.8. The Labute approximate surface area is 177 Å². The SMILES string of the molecule is COC(=O)c1ccccc1NC(=O)Cn1c(=O)nc(-c2ccccc2)c2ccccc21. The predicted octanol–water partition coefficient (Wildman–Crippen LogP) is 3.49. The van der Waals surface area contributed by atoms with Gasteiger partial charge in [0.05, 0.1) is 29.6 Å². The van der Waals surface area contributed by atoms with E-state index in [1.54, 1.807) is 36.4 Å². The number of amides is 1. The van der Waals surface area contributed by atoms with Crippen LogP contribution >= 0.6 is 0 Å². The van der Waals surface area contributed by atoms with Crippen molar-refractivity contribution in [2.24, 2.45) is 0 Å². The molecule has 0 fully saturated rings. The molecule has 1 amide bonds. The monoisotopic (exact) mass is 413 g/mol. The Bertz CT molecular complexity index is 1330. The van der Waals surface area contributed by atoms with Gasteiger partial charge in [0.25, 0.3) is 0 Å². The number of hydrogen-bond acceptors (Lipinski definition) is 5. The van der Waals surface area contributed by atoms with E-state index in [0.29, 0.717) is 16.9 Å². The molecule has 0 saturated heterocycles. The van der Waals surface area contributed by atoms with E-state index in [9.17, 15) is 14.4 Å². The van der Waals surface area contributed by atoms with Crippen LogP contribution in [-0.2, 0) is 16.1 Å². The predicted molar refractivity (Wildman–Crippen MR) is 118 cm³/mol. The molecule has 0 atom stereocenters. The van der Waals surface area contributed by atoms with E-state index in [-0.39, 0.29) is 12.1 Å². The van der Waals surface area contributed by atoms with Crippen molar-refractivity contribution in [3.8, 4) is 11.3 Å². The molecule has 4 aromatic rings. The number of fused-ring (bicyclic) bond motifs is 1. The average molecular weight is 413 g/mol. The maximum absolute atomic E-state index is 12.8. The molecule has 7 heteroatoms. The molecule has 0 aliphatic heterocycles. The van der Waals surface area contributed by atoms with Crippen molar-refractivity contribution >= 4 is 28.5 Å². The van der Waals surface area contributed by atoms with Crippen molar-refractivity contribution in [2.45, 2.75) is 6.54 Å². The Balaban J connectivity index is 1.71. The van der Waals surface area contributed by atoms with Crippen LogP contribution in [0.1, 0.15) is 10.4 Å². The summed E-state index contributed by atoms with van der Waals surface area (Å²) >= 11 is 0. The normalized spacial score (nSPS) is 10.6. The number of para-hydroxylation sites is 2. The lowest BCUT2D eigenvalue weighted by Gasteiger charge is -2.14. The Kier molecular flexibility index (Phi) is 5.57. The quantitative estimate of drug-likeness (QED) is 0.506. The van der Waals surface area contributed by atoms with Gasteiger partial charge in [-0.2, -0.15) is 4.98 Å². The molecule has 0 radical (unpaired) electrons. The van der Waals surface area contributed by atoms with Gasteiger partial charge in [-0.25, -0.2) is 9.59 Å². The first-order valence-corrected chi connectivity index (χ1v) is 9.60. The summed E-state index contributed by atoms with van der Waals surface area (Å²) in [6, 6.07) is 23.2. The molecule has 7 nitrogen and oxygen atoms in total. The van der Waals surface area contributed by atoms with Crippen LogP contribution in [0.3, 0.4) is 0 Å². The minimum atomic E-state index is -0.563. The van der Waals surface area contributed by atoms with E-state index < -0.39 is 17.6 Å². The largest absolute Gasteiger partial charge is 0.465 e. The highest BCUT2D eigenvalue weighted by molar-refractivity contribution is 6.01. The number of methoxy groups -OCH3 is 1. The highest BCUT2D eigenvalue weighted by atomic mass is 16.5. The third-order valence-corrected chi connectivity index (χ3v) is 4.84. The third kappa shape index (κ3) is 4.06. The van der Waals surface area contributed by atoms with Crippen LogP contribution in [-0.4, -0.2) is 28.5 Å². The average Bonchev–Trinajstić information content (AvgIpc) is 2.81. The van der Waals surface area contributed by atoms with Gasteiger partial charge in [0, 0.05) is 10.9 Å². The fraction of sp³-hybridized carbons (Fsp3) is 0.0833.